The van der Waals surface area contributed by atoms with Gasteiger partial charge in [-0.3, -0.25) is 4.79 Å². The molecular formula is C11H13BrOS. The highest BCUT2D eigenvalue weighted by Gasteiger charge is 2.20. The summed E-state index contributed by atoms with van der Waals surface area (Å²) >= 11 is 4.99. The number of carbonyl (C=O) groups excluding carboxylic acids is 1. The lowest BCUT2D eigenvalue weighted by Gasteiger charge is -2.06. The van der Waals surface area contributed by atoms with Gasteiger partial charge in [-0.25, -0.2) is 0 Å². The molecule has 0 N–H and O–H groups in total. The Hall–Kier alpha value is -0.150. The Balaban J connectivity index is 1.98. The highest BCUT2D eigenvalue weighted by molar-refractivity contribution is 9.10. The first-order chi connectivity index (χ1) is 6.77. The van der Waals surface area contributed by atoms with Crippen molar-refractivity contribution in [3.05, 3.63) is 20.8 Å². The maximum atomic E-state index is 11.9. The second kappa shape index (κ2) is 4.58. The predicted octanol–water partition coefficient (Wildman–Crippen LogP) is 4.27. The van der Waals surface area contributed by atoms with Crippen LogP contribution >= 0.6 is 27.3 Å². The number of ketones is 1. The fraction of sp³-hybridized carbons (Fsp3) is 0.545. The summed E-state index contributed by atoms with van der Waals surface area (Å²) in [7, 11) is 0. The first-order valence-corrected chi connectivity index (χ1v) is 6.76. The molecule has 76 valence electrons. The molecule has 0 unspecified atom stereocenters. The second-order valence-corrected chi connectivity index (χ2v) is 5.51. The van der Waals surface area contributed by atoms with Crippen molar-refractivity contribution in [2.75, 3.05) is 0 Å². The van der Waals surface area contributed by atoms with E-state index < -0.39 is 0 Å². The van der Waals surface area contributed by atoms with E-state index in [1.54, 1.807) is 11.3 Å². The first-order valence-electron chi connectivity index (χ1n) is 5.02. The quantitative estimate of drug-likeness (QED) is 0.751. The summed E-state index contributed by atoms with van der Waals surface area (Å²) in [5.74, 6) is 0.958. The van der Waals surface area contributed by atoms with Gasteiger partial charge >= 0.3 is 0 Å². The van der Waals surface area contributed by atoms with Crippen molar-refractivity contribution in [1.82, 2.24) is 0 Å². The Morgan fingerprint density at radius 1 is 1.43 bits per heavy atom. The van der Waals surface area contributed by atoms with E-state index in [0.717, 1.165) is 16.5 Å². The van der Waals surface area contributed by atoms with Gasteiger partial charge in [-0.1, -0.05) is 25.7 Å². The fourth-order valence-electron chi connectivity index (χ4n) is 2.07. The molecule has 0 bridgehead atoms. The minimum Gasteiger partial charge on any atom is -0.294 e. The van der Waals surface area contributed by atoms with Crippen LogP contribution in [0.15, 0.2) is 15.2 Å². The number of hydrogen-bond acceptors (Lipinski definition) is 2. The van der Waals surface area contributed by atoms with Crippen LogP contribution < -0.4 is 0 Å². The minimum atomic E-state index is 0.310. The van der Waals surface area contributed by atoms with Gasteiger partial charge in [0.2, 0.25) is 0 Å². The van der Waals surface area contributed by atoms with Crippen LogP contribution in [0.25, 0.3) is 0 Å². The highest BCUT2D eigenvalue weighted by Crippen LogP contribution is 2.30. The van der Waals surface area contributed by atoms with Crippen LogP contribution in [0, 0.1) is 5.92 Å². The molecule has 1 aliphatic carbocycles. The molecule has 2 rings (SSSR count). The van der Waals surface area contributed by atoms with Crippen molar-refractivity contribution >= 4 is 33.0 Å². The molecule has 1 heterocycles. The summed E-state index contributed by atoms with van der Waals surface area (Å²) in [6, 6.07) is 0. The molecule has 1 aliphatic rings. The van der Waals surface area contributed by atoms with E-state index in [4.69, 9.17) is 0 Å². The number of rotatable bonds is 3. The normalized spacial score (nSPS) is 17.5. The Bertz CT molecular complexity index is 326. The molecule has 0 radical (unpaired) electrons. The van der Waals surface area contributed by atoms with Gasteiger partial charge in [-0.2, -0.15) is 11.3 Å². The third kappa shape index (κ3) is 2.26. The molecule has 0 atom stereocenters. The fourth-order valence-corrected chi connectivity index (χ4v) is 3.59. The lowest BCUT2D eigenvalue weighted by molar-refractivity contribution is 0.0962. The van der Waals surface area contributed by atoms with Gasteiger partial charge < -0.3 is 0 Å². The predicted molar refractivity (Wildman–Crippen MR) is 62.9 cm³/mol. The molecule has 1 saturated carbocycles. The van der Waals surface area contributed by atoms with Gasteiger partial charge in [0.1, 0.15) is 0 Å². The third-order valence-corrected chi connectivity index (χ3v) is 4.57. The van der Waals surface area contributed by atoms with Crippen molar-refractivity contribution in [2.45, 2.75) is 32.1 Å². The number of carbonyl (C=O) groups is 1. The number of thiophene rings is 1. The van der Waals surface area contributed by atoms with Crippen LogP contribution in [0.4, 0.5) is 0 Å². The summed E-state index contributed by atoms with van der Waals surface area (Å²) in [6.07, 6.45) is 5.85. The second-order valence-electron chi connectivity index (χ2n) is 3.91. The average Bonchev–Trinajstić information content (AvgIpc) is 2.75. The van der Waals surface area contributed by atoms with Gasteiger partial charge in [0.25, 0.3) is 0 Å². The first kappa shape index (κ1) is 10.4. The van der Waals surface area contributed by atoms with Crippen molar-refractivity contribution in [3.8, 4) is 0 Å². The molecule has 0 aliphatic heterocycles. The Kier molecular flexibility index (Phi) is 3.39. The zero-order chi connectivity index (χ0) is 9.97. The van der Waals surface area contributed by atoms with Gasteiger partial charge in [0, 0.05) is 27.2 Å². The lowest BCUT2D eigenvalue weighted by atomic mass is 9.98. The highest BCUT2D eigenvalue weighted by atomic mass is 79.9. The standard InChI is InChI=1S/C11H13BrOS/c12-10-7-14-6-9(10)11(13)5-8-3-1-2-4-8/h6-8H,1-5H2. The average molecular weight is 273 g/mol. The molecule has 3 heteroatoms. The van der Waals surface area contributed by atoms with Crippen LogP contribution in [0.5, 0.6) is 0 Å². The van der Waals surface area contributed by atoms with E-state index in [-0.39, 0.29) is 0 Å². The van der Waals surface area contributed by atoms with E-state index >= 15 is 0 Å². The Labute approximate surface area is 96.6 Å². The maximum absolute atomic E-state index is 11.9. The largest absolute Gasteiger partial charge is 0.294 e. The monoisotopic (exact) mass is 272 g/mol. The molecule has 14 heavy (non-hydrogen) atoms. The summed E-state index contributed by atoms with van der Waals surface area (Å²) in [5, 5.41) is 3.92. The van der Waals surface area contributed by atoms with Crippen molar-refractivity contribution in [3.63, 3.8) is 0 Å². The molecule has 0 amide bonds. The summed E-state index contributed by atoms with van der Waals surface area (Å²) in [5.41, 5.74) is 0.877. The summed E-state index contributed by atoms with van der Waals surface area (Å²) < 4.78 is 0.963. The molecule has 1 fully saturated rings. The van der Waals surface area contributed by atoms with Crippen LogP contribution in [0.2, 0.25) is 0 Å². The zero-order valence-corrected chi connectivity index (χ0v) is 10.4. The van der Waals surface area contributed by atoms with Gasteiger partial charge in [-0.05, 0) is 21.8 Å². The molecule has 0 spiro atoms. The van der Waals surface area contributed by atoms with Gasteiger partial charge in [0.15, 0.2) is 5.78 Å². The lowest BCUT2D eigenvalue weighted by Crippen LogP contribution is -2.05. The van der Waals surface area contributed by atoms with Crippen molar-refractivity contribution < 1.29 is 4.79 Å². The van der Waals surface area contributed by atoms with Crippen LogP contribution in [-0.4, -0.2) is 5.78 Å². The maximum Gasteiger partial charge on any atom is 0.165 e. The van der Waals surface area contributed by atoms with E-state index in [2.05, 4.69) is 15.9 Å². The number of Topliss-reactive ketones (excluding diaryl/α,β-unsaturated/α-hetero) is 1. The smallest absolute Gasteiger partial charge is 0.165 e. The van der Waals surface area contributed by atoms with Crippen LogP contribution in [0.1, 0.15) is 42.5 Å². The van der Waals surface area contributed by atoms with Crippen molar-refractivity contribution in [1.29, 1.82) is 0 Å². The van der Waals surface area contributed by atoms with Gasteiger partial charge in [0.05, 0.1) is 0 Å². The Morgan fingerprint density at radius 3 is 2.71 bits per heavy atom. The zero-order valence-electron chi connectivity index (χ0n) is 7.96. The molecule has 0 saturated heterocycles. The van der Waals surface area contributed by atoms with Crippen LogP contribution in [0.3, 0.4) is 0 Å². The number of halogens is 1. The molecule has 1 aromatic rings. The molecular weight excluding hydrogens is 260 g/mol. The van der Waals surface area contributed by atoms with E-state index in [0.29, 0.717) is 11.7 Å². The topological polar surface area (TPSA) is 17.1 Å². The number of hydrogen-bond donors (Lipinski definition) is 0. The SMILES string of the molecule is O=C(CC1CCCC1)c1cscc1Br. The summed E-state index contributed by atoms with van der Waals surface area (Å²) in [4.78, 5) is 11.9. The van der Waals surface area contributed by atoms with Gasteiger partial charge in [-0.15, -0.1) is 0 Å². The molecule has 1 nitrogen and oxygen atoms in total. The van der Waals surface area contributed by atoms with Crippen LogP contribution in [-0.2, 0) is 0 Å². The molecule has 0 aromatic carbocycles. The summed E-state index contributed by atoms with van der Waals surface area (Å²) in [6.45, 7) is 0. The van der Waals surface area contributed by atoms with E-state index in [1.807, 2.05) is 10.8 Å². The third-order valence-electron chi connectivity index (χ3n) is 2.86. The molecule has 1 aromatic heterocycles. The van der Waals surface area contributed by atoms with Crippen molar-refractivity contribution in [2.24, 2.45) is 5.92 Å². The van der Waals surface area contributed by atoms with E-state index in [1.165, 1.54) is 25.7 Å². The Morgan fingerprint density at radius 2 is 2.14 bits per heavy atom. The minimum absolute atomic E-state index is 0.310. The van der Waals surface area contributed by atoms with E-state index in [9.17, 15) is 4.79 Å².